The minimum absolute atomic E-state index is 0. The van der Waals surface area contributed by atoms with Crippen molar-refractivity contribution in [3.8, 4) is 0 Å². The van der Waals surface area contributed by atoms with Crippen molar-refractivity contribution in [3.63, 3.8) is 0 Å². The fourth-order valence-electron chi connectivity index (χ4n) is 0. The molecule has 0 amide bonds. The van der Waals surface area contributed by atoms with Crippen molar-refractivity contribution in [2.24, 2.45) is 0 Å². The Balaban J connectivity index is 0. The minimum atomic E-state index is -2.54. The van der Waals surface area contributed by atoms with Gasteiger partial charge >= 0.3 is 79.4 Å². The normalized spacial score (nSPS) is 12.4. The van der Waals surface area contributed by atoms with Gasteiger partial charge in [-0.25, -0.2) is 0 Å². The van der Waals surface area contributed by atoms with Crippen LogP contribution in [0.25, 0.3) is 0 Å². The summed E-state index contributed by atoms with van der Waals surface area (Å²) >= 11 is -2.54. The number of rotatable bonds is 0. The van der Waals surface area contributed by atoms with Crippen LogP contribution in [0.3, 0.4) is 0 Å². The molecular weight excluding hydrogens is 162 g/mol. The molecule has 1 atom stereocenters. The summed E-state index contributed by atoms with van der Waals surface area (Å²) in [5.41, 5.74) is 0. The summed E-state index contributed by atoms with van der Waals surface area (Å²) in [6.07, 6.45) is 0. The summed E-state index contributed by atoms with van der Waals surface area (Å²) in [7, 11) is 0. The van der Waals surface area contributed by atoms with E-state index in [0.29, 0.717) is 0 Å². The molecule has 0 heterocycles. The first kappa shape index (κ1) is 10.0. The maximum atomic E-state index is 9.10. The molecule has 5 heavy (non-hydrogen) atoms. The zero-order chi connectivity index (χ0) is 3.58. The van der Waals surface area contributed by atoms with Crippen LogP contribution < -0.4 is 55.6 Å². The second kappa shape index (κ2) is 5.92. The SMILES string of the molecule is C[Se](=O)[O-].[K+]. The Labute approximate surface area is 77.8 Å². The Kier molecular flexibility index (Phi) is 11.9. The molecule has 0 spiro atoms. The first-order valence-electron chi connectivity index (χ1n) is 0.742. The van der Waals surface area contributed by atoms with Gasteiger partial charge in [0.2, 0.25) is 0 Å². The molecule has 0 N–H and O–H groups in total. The maximum absolute atomic E-state index is 9.10. The van der Waals surface area contributed by atoms with Gasteiger partial charge in [0.15, 0.2) is 0 Å². The Morgan fingerprint density at radius 3 is 1.80 bits per heavy atom. The third-order valence-electron chi connectivity index (χ3n) is 0. The predicted molar refractivity (Wildman–Crippen MR) is 12.3 cm³/mol. The van der Waals surface area contributed by atoms with Gasteiger partial charge in [-0.05, 0) is 0 Å². The van der Waals surface area contributed by atoms with E-state index in [4.69, 9.17) is 8.02 Å². The fraction of sp³-hybridized carbons (Fsp3) is 1.00. The molecule has 0 aliphatic carbocycles. The van der Waals surface area contributed by atoms with Gasteiger partial charge in [0, 0.05) is 0 Å². The molecule has 0 fully saturated rings. The van der Waals surface area contributed by atoms with Gasteiger partial charge in [0.1, 0.15) is 0 Å². The fourth-order valence-corrected chi connectivity index (χ4v) is 0. The van der Waals surface area contributed by atoms with Crippen LogP contribution in [0.15, 0.2) is 0 Å². The molecule has 0 rings (SSSR count). The number of hydrogen-bond donors (Lipinski definition) is 0. The van der Waals surface area contributed by atoms with E-state index in [2.05, 4.69) is 0 Å². The van der Waals surface area contributed by atoms with Crippen molar-refractivity contribution in [2.45, 2.75) is 5.82 Å². The van der Waals surface area contributed by atoms with Crippen LogP contribution in [-0.4, -0.2) is 14.2 Å². The minimum Gasteiger partial charge on any atom is 1.00 e. The molecule has 0 saturated heterocycles. The van der Waals surface area contributed by atoms with Crippen LogP contribution in [0, 0.1) is 0 Å². The van der Waals surface area contributed by atoms with E-state index in [0.717, 1.165) is 0 Å². The van der Waals surface area contributed by atoms with Gasteiger partial charge in [-0.3, -0.25) is 0 Å². The van der Waals surface area contributed by atoms with Crippen molar-refractivity contribution in [1.82, 2.24) is 0 Å². The van der Waals surface area contributed by atoms with Gasteiger partial charge in [-0.15, -0.1) is 0 Å². The molecule has 26 valence electrons. The molecular formula is CH3KO2Se. The summed E-state index contributed by atoms with van der Waals surface area (Å²) in [4.78, 5) is 0. The maximum Gasteiger partial charge on any atom is 1.00 e. The summed E-state index contributed by atoms with van der Waals surface area (Å²) in [5.74, 6) is 1.18. The van der Waals surface area contributed by atoms with Gasteiger partial charge in [-0.1, -0.05) is 0 Å². The molecule has 0 aliphatic rings. The van der Waals surface area contributed by atoms with E-state index in [1.165, 1.54) is 5.82 Å². The van der Waals surface area contributed by atoms with Crippen molar-refractivity contribution in [3.05, 3.63) is 0 Å². The van der Waals surface area contributed by atoms with Crippen molar-refractivity contribution in [2.75, 3.05) is 0 Å². The molecule has 0 saturated carbocycles. The molecule has 0 aromatic rings. The van der Waals surface area contributed by atoms with Crippen LogP contribution >= 0.6 is 0 Å². The van der Waals surface area contributed by atoms with Gasteiger partial charge in [-0.2, -0.15) is 0 Å². The molecule has 0 aromatic carbocycles. The van der Waals surface area contributed by atoms with Crippen LogP contribution in [0.5, 0.6) is 0 Å². The second-order valence-electron chi connectivity index (χ2n) is 0.401. The summed E-state index contributed by atoms with van der Waals surface area (Å²) in [6.45, 7) is 0. The van der Waals surface area contributed by atoms with Crippen molar-refractivity contribution >= 4 is 14.2 Å². The van der Waals surface area contributed by atoms with Crippen molar-refractivity contribution in [1.29, 1.82) is 0 Å². The number of hydrogen-bond acceptors (Lipinski definition) is 2. The average molecular weight is 165 g/mol. The smallest absolute Gasteiger partial charge is 1.00 e. The van der Waals surface area contributed by atoms with E-state index in [-0.39, 0.29) is 51.4 Å². The largest absolute Gasteiger partial charge is 1.00 e. The average Bonchev–Trinajstić information content (AvgIpc) is 0.811. The third kappa shape index (κ3) is 24.7. The van der Waals surface area contributed by atoms with E-state index in [1.807, 2.05) is 0 Å². The molecule has 0 bridgehead atoms. The van der Waals surface area contributed by atoms with Crippen molar-refractivity contribution < 1.29 is 59.4 Å². The van der Waals surface area contributed by atoms with E-state index < -0.39 is 14.2 Å². The topological polar surface area (TPSA) is 40.1 Å². The Morgan fingerprint density at radius 1 is 1.80 bits per heavy atom. The van der Waals surface area contributed by atoms with Crippen LogP contribution in [-0.2, 0) is 3.83 Å². The summed E-state index contributed by atoms with van der Waals surface area (Å²) in [6, 6.07) is 0. The zero-order valence-electron chi connectivity index (χ0n) is 3.22. The monoisotopic (exact) mass is 166 g/mol. The van der Waals surface area contributed by atoms with Crippen LogP contribution in [0.1, 0.15) is 0 Å². The Morgan fingerprint density at radius 2 is 1.80 bits per heavy atom. The zero-order valence-corrected chi connectivity index (χ0v) is 8.06. The van der Waals surface area contributed by atoms with Gasteiger partial charge in [0.05, 0.1) is 0 Å². The third-order valence-corrected chi connectivity index (χ3v) is 0. The summed E-state index contributed by atoms with van der Waals surface area (Å²) < 4.78 is 18.2. The molecule has 0 aliphatic heterocycles. The van der Waals surface area contributed by atoms with E-state index in [1.54, 1.807) is 0 Å². The molecule has 4 heteroatoms. The second-order valence-corrected chi connectivity index (χ2v) is 2.09. The molecule has 0 aromatic heterocycles. The van der Waals surface area contributed by atoms with Gasteiger partial charge in [0.25, 0.3) is 0 Å². The summed E-state index contributed by atoms with van der Waals surface area (Å²) in [5, 5.41) is 0. The Bertz CT molecular complexity index is 32.6. The molecule has 1 unspecified atom stereocenters. The molecule has 0 radical (unpaired) electrons. The molecule has 2 nitrogen and oxygen atoms in total. The first-order chi connectivity index (χ1) is 1.73. The van der Waals surface area contributed by atoms with Crippen LogP contribution in [0.2, 0.25) is 5.82 Å². The predicted octanol–water partition coefficient (Wildman–Crippen LogP) is -4.10. The first-order valence-corrected chi connectivity index (χ1v) is 3.85. The van der Waals surface area contributed by atoms with E-state index >= 15 is 0 Å². The van der Waals surface area contributed by atoms with Gasteiger partial charge < -0.3 is 0 Å². The van der Waals surface area contributed by atoms with E-state index in [9.17, 15) is 0 Å². The Hall–Kier alpha value is 1.92. The quantitative estimate of drug-likeness (QED) is 0.342. The standard InChI is InChI=1S/CH4O2Se.K/c1-4(2)3;/h1H3,(H,2,3);/q;+1/p-1. The van der Waals surface area contributed by atoms with Crippen LogP contribution in [0.4, 0.5) is 0 Å².